The summed E-state index contributed by atoms with van der Waals surface area (Å²) in [5, 5.41) is 12.4. The second-order valence-corrected chi connectivity index (χ2v) is 7.04. The fraction of sp³-hybridized carbons (Fsp3) is 0.867. The predicted molar refractivity (Wildman–Crippen MR) is 74.3 cm³/mol. The van der Waals surface area contributed by atoms with E-state index >= 15 is 0 Å². The van der Waals surface area contributed by atoms with Gasteiger partial charge < -0.3 is 15.3 Å². The Hall–Kier alpha value is -1.26. The zero-order chi connectivity index (χ0) is 14.3. The Kier molecular flexibility index (Phi) is 3.38. The topological polar surface area (TPSA) is 69.6 Å². The number of aliphatic carboxylic acids is 1. The maximum atomic E-state index is 12.4. The maximum absolute atomic E-state index is 12.4. The van der Waals surface area contributed by atoms with Gasteiger partial charge in [-0.2, -0.15) is 0 Å². The van der Waals surface area contributed by atoms with Crippen LogP contribution in [0.5, 0.6) is 0 Å². The van der Waals surface area contributed by atoms with E-state index in [9.17, 15) is 14.7 Å². The summed E-state index contributed by atoms with van der Waals surface area (Å²) in [5.41, 5.74) is -0.775. The number of rotatable bonds is 4. The number of carboxylic acids is 1. The molecule has 3 fully saturated rings. The molecule has 2 unspecified atom stereocenters. The van der Waals surface area contributed by atoms with Crippen molar-refractivity contribution in [3.8, 4) is 0 Å². The zero-order valence-electron chi connectivity index (χ0n) is 12.1. The lowest BCUT2D eigenvalue weighted by molar-refractivity contribution is -0.147. The first-order valence-electron chi connectivity index (χ1n) is 7.78. The number of urea groups is 1. The summed E-state index contributed by atoms with van der Waals surface area (Å²) < 4.78 is 0. The second-order valence-electron chi connectivity index (χ2n) is 7.04. The van der Waals surface area contributed by atoms with Crippen LogP contribution in [0.1, 0.15) is 45.4 Å². The van der Waals surface area contributed by atoms with Crippen molar-refractivity contribution in [2.24, 2.45) is 17.3 Å². The van der Waals surface area contributed by atoms with Crippen LogP contribution in [0.3, 0.4) is 0 Å². The van der Waals surface area contributed by atoms with Crippen LogP contribution in [0.25, 0.3) is 0 Å². The molecule has 0 bridgehead atoms. The van der Waals surface area contributed by atoms with Crippen molar-refractivity contribution in [2.75, 3.05) is 13.1 Å². The van der Waals surface area contributed by atoms with E-state index in [1.54, 1.807) is 11.8 Å². The molecule has 0 aromatic rings. The summed E-state index contributed by atoms with van der Waals surface area (Å²) in [4.78, 5) is 25.3. The molecule has 1 saturated heterocycles. The molecule has 2 amide bonds. The monoisotopic (exact) mass is 280 g/mol. The minimum Gasteiger partial charge on any atom is -0.481 e. The van der Waals surface area contributed by atoms with Gasteiger partial charge in [0.25, 0.3) is 0 Å². The van der Waals surface area contributed by atoms with Gasteiger partial charge in [0.15, 0.2) is 0 Å². The average Bonchev–Trinajstić information content (AvgIpc) is 3.09. The molecule has 0 radical (unpaired) electrons. The number of hydrogen-bond donors (Lipinski definition) is 2. The standard InChI is InChI=1S/C15H24N2O3/c1-15(13(18)19)7-8-17(9-15)14(20)16-12(11-5-6-11)10-3-2-4-10/h10-12H,2-9H2,1H3,(H,16,20)(H,18,19). The number of nitrogens with zero attached hydrogens (tertiary/aromatic N) is 1. The van der Waals surface area contributed by atoms with Gasteiger partial charge in [-0.3, -0.25) is 4.79 Å². The molecule has 2 atom stereocenters. The van der Waals surface area contributed by atoms with Gasteiger partial charge in [-0.1, -0.05) is 6.42 Å². The number of carbonyl (C=O) groups excluding carboxylic acids is 1. The molecule has 0 aromatic carbocycles. The highest BCUT2D eigenvalue weighted by Gasteiger charge is 2.44. The summed E-state index contributed by atoms with van der Waals surface area (Å²) in [6.07, 6.45) is 6.75. The SMILES string of the molecule is CC1(C(=O)O)CCN(C(=O)NC(C2CCC2)C2CC2)C1. The van der Waals surface area contributed by atoms with E-state index in [2.05, 4.69) is 5.32 Å². The van der Waals surface area contributed by atoms with Crippen molar-refractivity contribution in [2.45, 2.75) is 51.5 Å². The van der Waals surface area contributed by atoms with Crippen molar-refractivity contribution in [1.29, 1.82) is 0 Å². The van der Waals surface area contributed by atoms with E-state index in [1.165, 1.54) is 32.1 Å². The van der Waals surface area contributed by atoms with Crippen LogP contribution in [0, 0.1) is 17.3 Å². The fourth-order valence-electron chi connectivity index (χ4n) is 3.42. The van der Waals surface area contributed by atoms with E-state index in [0.29, 0.717) is 37.4 Å². The van der Waals surface area contributed by atoms with Gasteiger partial charge in [0.1, 0.15) is 0 Å². The molecule has 3 aliphatic rings. The second kappa shape index (κ2) is 4.93. The molecular weight excluding hydrogens is 256 g/mol. The van der Waals surface area contributed by atoms with E-state index in [1.807, 2.05) is 0 Å². The molecule has 1 aliphatic heterocycles. The molecule has 5 nitrogen and oxygen atoms in total. The predicted octanol–water partition coefficient (Wildman–Crippen LogP) is 2.07. The summed E-state index contributed by atoms with van der Waals surface area (Å²) in [5.74, 6) is 0.517. The molecule has 112 valence electrons. The molecule has 1 heterocycles. The third kappa shape index (κ3) is 2.50. The van der Waals surface area contributed by atoms with Crippen LogP contribution in [0.4, 0.5) is 4.79 Å². The molecule has 3 rings (SSSR count). The normalized spacial score (nSPS) is 31.8. The number of amides is 2. The first-order valence-corrected chi connectivity index (χ1v) is 7.78. The summed E-state index contributed by atoms with van der Waals surface area (Å²) >= 11 is 0. The van der Waals surface area contributed by atoms with Crippen LogP contribution in [0.2, 0.25) is 0 Å². The maximum Gasteiger partial charge on any atom is 0.317 e. The molecule has 5 heteroatoms. The van der Waals surface area contributed by atoms with Gasteiger partial charge in [0, 0.05) is 19.1 Å². The first-order chi connectivity index (χ1) is 9.49. The summed E-state index contributed by atoms with van der Waals surface area (Å²) in [6, 6.07) is 0.270. The van der Waals surface area contributed by atoms with E-state index in [4.69, 9.17) is 0 Å². The molecule has 0 spiro atoms. The molecule has 20 heavy (non-hydrogen) atoms. The van der Waals surface area contributed by atoms with Crippen LogP contribution in [0.15, 0.2) is 0 Å². The van der Waals surface area contributed by atoms with E-state index in [-0.39, 0.29) is 6.03 Å². The first kappa shape index (κ1) is 13.7. The Balaban J connectivity index is 1.57. The van der Waals surface area contributed by atoms with Crippen LogP contribution in [-0.2, 0) is 4.79 Å². The number of carbonyl (C=O) groups is 2. The highest BCUT2D eigenvalue weighted by atomic mass is 16.4. The third-order valence-corrected chi connectivity index (χ3v) is 5.35. The van der Waals surface area contributed by atoms with Crippen molar-refractivity contribution in [3.05, 3.63) is 0 Å². The Morgan fingerprint density at radius 1 is 1.25 bits per heavy atom. The van der Waals surface area contributed by atoms with Gasteiger partial charge in [0.2, 0.25) is 0 Å². The van der Waals surface area contributed by atoms with Gasteiger partial charge in [0.05, 0.1) is 5.41 Å². The lowest BCUT2D eigenvalue weighted by atomic mass is 9.78. The van der Waals surface area contributed by atoms with Gasteiger partial charge in [-0.15, -0.1) is 0 Å². The Morgan fingerprint density at radius 3 is 2.35 bits per heavy atom. The fourth-order valence-corrected chi connectivity index (χ4v) is 3.42. The smallest absolute Gasteiger partial charge is 0.317 e. The Morgan fingerprint density at radius 2 is 1.90 bits per heavy atom. The molecule has 2 N–H and O–H groups in total. The minimum atomic E-state index is -0.800. The van der Waals surface area contributed by atoms with Crippen molar-refractivity contribution in [1.82, 2.24) is 10.2 Å². The lowest BCUT2D eigenvalue weighted by Crippen LogP contribution is -2.50. The minimum absolute atomic E-state index is 0.0567. The van der Waals surface area contributed by atoms with Gasteiger partial charge in [-0.25, -0.2) is 4.79 Å². The van der Waals surface area contributed by atoms with Gasteiger partial charge >= 0.3 is 12.0 Å². The summed E-state index contributed by atoms with van der Waals surface area (Å²) in [7, 11) is 0. The molecule has 2 aliphatic carbocycles. The number of hydrogen-bond acceptors (Lipinski definition) is 2. The Labute approximate surface area is 119 Å². The van der Waals surface area contributed by atoms with Crippen LogP contribution < -0.4 is 5.32 Å². The number of carboxylic acid groups (broad SMARTS) is 1. The Bertz CT molecular complexity index is 417. The van der Waals surface area contributed by atoms with Crippen LogP contribution >= 0.6 is 0 Å². The van der Waals surface area contributed by atoms with E-state index in [0.717, 1.165) is 0 Å². The average molecular weight is 280 g/mol. The van der Waals surface area contributed by atoms with Crippen molar-refractivity contribution >= 4 is 12.0 Å². The number of nitrogens with one attached hydrogen (secondary N) is 1. The largest absolute Gasteiger partial charge is 0.481 e. The quantitative estimate of drug-likeness (QED) is 0.828. The number of likely N-dealkylation sites (tertiary alicyclic amines) is 1. The van der Waals surface area contributed by atoms with Gasteiger partial charge in [-0.05, 0) is 50.9 Å². The van der Waals surface area contributed by atoms with Crippen molar-refractivity contribution in [3.63, 3.8) is 0 Å². The highest BCUT2D eigenvalue weighted by molar-refractivity contribution is 5.79. The molecule has 0 aromatic heterocycles. The van der Waals surface area contributed by atoms with Crippen molar-refractivity contribution < 1.29 is 14.7 Å². The lowest BCUT2D eigenvalue weighted by Gasteiger charge is -2.35. The molecular formula is C15H24N2O3. The zero-order valence-corrected chi connectivity index (χ0v) is 12.1. The third-order valence-electron chi connectivity index (χ3n) is 5.35. The van der Waals surface area contributed by atoms with E-state index < -0.39 is 11.4 Å². The molecule has 2 saturated carbocycles. The highest BCUT2D eigenvalue weighted by Crippen LogP contribution is 2.42. The summed E-state index contributed by atoms with van der Waals surface area (Å²) in [6.45, 7) is 2.61. The van der Waals surface area contributed by atoms with Crippen LogP contribution in [-0.4, -0.2) is 41.1 Å².